The van der Waals surface area contributed by atoms with Crippen LogP contribution in [0.1, 0.15) is 35.1 Å². The van der Waals surface area contributed by atoms with E-state index >= 15 is 0 Å². The van der Waals surface area contributed by atoms with E-state index in [0.717, 1.165) is 47.4 Å². The lowest BCUT2D eigenvalue weighted by Gasteiger charge is -2.09. The summed E-state index contributed by atoms with van der Waals surface area (Å²) < 4.78 is 8.07. The van der Waals surface area contributed by atoms with Crippen molar-refractivity contribution in [3.8, 4) is 22.9 Å². The molecule has 0 aliphatic heterocycles. The smallest absolute Gasteiger partial charge is 0.336 e. The van der Waals surface area contributed by atoms with Gasteiger partial charge in [0, 0.05) is 18.5 Å². The second-order valence-corrected chi connectivity index (χ2v) is 7.81. The molecule has 0 amide bonds. The molecule has 1 N–H and O–H groups in total. The van der Waals surface area contributed by atoms with Crippen LogP contribution >= 0.6 is 0 Å². The number of aryl methyl sites for hydroxylation is 1. The average molecular weight is 438 g/mol. The Morgan fingerprint density at radius 1 is 0.939 bits per heavy atom. The predicted molar refractivity (Wildman–Crippen MR) is 125 cm³/mol. The minimum absolute atomic E-state index is 0.124. The maximum Gasteiger partial charge on any atom is 0.336 e. The summed E-state index contributed by atoms with van der Waals surface area (Å²) >= 11 is 0. The molecule has 5 rings (SSSR count). The molecular weight excluding hydrogens is 416 g/mol. The van der Waals surface area contributed by atoms with Gasteiger partial charge >= 0.3 is 5.97 Å². The van der Waals surface area contributed by atoms with Gasteiger partial charge in [0.25, 0.3) is 0 Å². The Morgan fingerprint density at radius 2 is 1.67 bits per heavy atom. The van der Waals surface area contributed by atoms with Crippen LogP contribution in [0.5, 0.6) is 0 Å². The van der Waals surface area contributed by atoms with Crippen LogP contribution in [-0.2, 0) is 13.0 Å². The summed E-state index contributed by atoms with van der Waals surface area (Å²) in [5.41, 5.74) is 4.57. The first-order chi connectivity index (χ1) is 16.1. The highest BCUT2D eigenvalue weighted by molar-refractivity contribution is 5.94. The van der Waals surface area contributed by atoms with Gasteiger partial charge in [-0.2, -0.15) is 0 Å². The van der Waals surface area contributed by atoms with Crippen molar-refractivity contribution in [2.24, 2.45) is 0 Å². The number of nitrogens with zero attached hydrogens (tertiary/aromatic N) is 4. The molecule has 0 aliphatic rings. The molecule has 0 spiro atoms. The quantitative estimate of drug-likeness (QED) is 0.363. The fourth-order valence-corrected chi connectivity index (χ4v) is 3.96. The van der Waals surface area contributed by atoms with Crippen LogP contribution in [0.4, 0.5) is 0 Å². The Balaban J connectivity index is 1.41. The maximum absolute atomic E-state index is 11.5. The molecule has 5 aromatic rings. The van der Waals surface area contributed by atoms with Crippen LogP contribution in [-0.4, -0.2) is 30.8 Å². The lowest BCUT2D eigenvalue weighted by molar-refractivity contribution is 0.0697. The van der Waals surface area contributed by atoms with E-state index in [2.05, 4.69) is 27.8 Å². The molecule has 7 nitrogen and oxygen atoms in total. The first-order valence-electron chi connectivity index (χ1n) is 10.8. The third-order valence-electron chi connectivity index (χ3n) is 5.56. The van der Waals surface area contributed by atoms with Crippen LogP contribution in [0.2, 0.25) is 0 Å². The standard InChI is InChI=1S/C26H22N4O3/c1-2-7-23-27-21-10-5-6-11-22(21)30(23)16-17-12-14-18(15-13-17)24-28-29-25(33-24)19-8-3-4-9-20(19)26(31)32/h3-6,8-15H,2,7,16H2,1H3,(H,31,32). The third-order valence-corrected chi connectivity index (χ3v) is 5.56. The van der Waals surface area contributed by atoms with E-state index in [0.29, 0.717) is 11.5 Å². The van der Waals surface area contributed by atoms with Crippen molar-refractivity contribution in [1.82, 2.24) is 19.7 Å². The van der Waals surface area contributed by atoms with Crippen molar-refractivity contribution in [3.63, 3.8) is 0 Å². The van der Waals surface area contributed by atoms with Crippen molar-refractivity contribution >= 4 is 17.0 Å². The van der Waals surface area contributed by atoms with E-state index in [1.165, 1.54) is 6.07 Å². The first-order valence-corrected chi connectivity index (χ1v) is 10.8. The van der Waals surface area contributed by atoms with E-state index in [-0.39, 0.29) is 11.5 Å². The number of hydrogen-bond donors (Lipinski definition) is 1. The number of carboxylic acid groups (broad SMARTS) is 1. The molecule has 2 heterocycles. The van der Waals surface area contributed by atoms with Gasteiger partial charge in [0.05, 0.1) is 22.2 Å². The fourth-order valence-electron chi connectivity index (χ4n) is 3.96. The molecular formula is C26H22N4O3. The molecule has 164 valence electrons. The topological polar surface area (TPSA) is 94.0 Å². The molecule has 0 bridgehead atoms. The molecule has 0 atom stereocenters. The number of aromatic nitrogens is 4. The summed E-state index contributed by atoms with van der Waals surface area (Å²) in [6, 6.07) is 22.7. The highest BCUT2D eigenvalue weighted by Gasteiger charge is 2.17. The van der Waals surface area contributed by atoms with E-state index < -0.39 is 5.97 Å². The molecule has 7 heteroatoms. The lowest BCUT2D eigenvalue weighted by Crippen LogP contribution is -2.05. The summed E-state index contributed by atoms with van der Waals surface area (Å²) in [6.07, 6.45) is 1.96. The highest BCUT2D eigenvalue weighted by atomic mass is 16.4. The van der Waals surface area contributed by atoms with Gasteiger partial charge in [-0.3, -0.25) is 0 Å². The van der Waals surface area contributed by atoms with Crippen LogP contribution in [0.15, 0.2) is 77.2 Å². The second-order valence-electron chi connectivity index (χ2n) is 7.81. The SMILES string of the molecule is CCCc1nc2ccccc2n1Cc1ccc(-c2nnc(-c3ccccc3C(=O)O)o2)cc1. The van der Waals surface area contributed by atoms with Gasteiger partial charge in [-0.15, -0.1) is 10.2 Å². The number of carboxylic acids is 1. The number of fused-ring (bicyclic) bond motifs is 1. The van der Waals surface area contributed by atoms with E-state index in [1.54, 1.807) is 18.2 Å². The van der Waals surface area contributed by atoms with Gasteiger partial charge < -0.3 is 14.1 Å². The highest BCUT2D eigenvalue weighted by Crippen LogP contribution is 2.27. The van der Waals surface area contributed by atoms with Gasteiger partial charge in [0.15, 0.2) is 0 Å². The van der Waals surface area contributed by atoms with E-state index in [9.17, 15) is 9.90 Å². The van der Waals surface area contributed by atoms with E-state index in [4.69, 9.17) is 9.40 Å². The Labute approximate surface area is 190 Å². The van der Waals surface area contributed by atoms with Crippen molar-refractivity contribution in [1.29, 1.82) is 0 Å². The number of rotatable bonds is 7. The average Bonchev–Trinajstić information content (AvgIpc) is 3.46. The van der Waals surface area contributed by atoms with Crippen molar-refractivity contribution in [2.75, 3.05) is 0 Å². The molecule has 2 aromatic heterocycles. The Kier molecular flexibility index (Phi) is 5.44. The number of aromatic carboxylic acids is 1. The lowest BCUT2D eigenvalue weighted by atomic mass is 10.1. The van der Waals surface area contributed by atoms with Gasteiger partial charge in [-0.25, -0.2) is 9.78 Å². The predicted octanol–water partition coefficient (Wildman–Crippen LogP) is 5.45. The summed E-state index contributed by atoms with van der Waals surface area (Å²) in [7, 11) is 0. The largest absolute Gasteiger partial charge is 0.478 e. The van der Waals surface area contributed by atoms with Crippen LogP contribution in [0, 0.1) is 0 Å². The monoisotopic (exact) mass is 438 g/mol. The van der Waals surface area contributed by atoms with E-state index in [1.807, 2.05) is 42.5 Å². The third kappa shape index (κ3) is 4.01. The van der Waals surface area contributed by atoms with Gasteiger partial charge in [-0.1, -0.05) is 43.3 Å². The Bertz CT molecular complexity index is 1430. The van der Waals surface area contributed by atoms with Crippen molar-refractivity contribution in [2.45, 2.75) is 26.3 Å². The zero-order valence-corrected chi connectivity index (χ0v) is 18.1. The van der Waals surface area contributed by atoms with Crippen LogP contribution < -0.4 is 0 Å². The maximum atomic E-state index is 11.5. The fraction of sp³-hybridized carbons (Fsp3) is 0.154. The summed E-state index contributed by atoms with van der Waals surface area (Å²) in [5, 5.41) is 17.6. The first kappa shape index (κ1) is 20.6. The number of para-hydroxylation sites is 2. The van der Waals surface area contributed by atoms with Gasteiger partial charge in [0.2, 0.25) is 11.8 Å². The Hall–Kier alpha value is -4.26. The van der Waals surface area contributed by atoms with Crippen molar-refractivity contribution < 1.29 is 14.3 Å². The van der Waals surface area contributed by atoms with Gasteiger partial charge in [0.1, 0.15) is 5.82 Å². The number of hydrogen-bond acceptors (Lipinski definition) is 5. The molecule has 0 saturated carbocycles. The van der Waals surface area contributed by atoms with Crippen LogP contribution in [0.25, 0.3) is 33.9 Å². The second kappa shape index (κ2) is 8.70. The number of carbonyl (C=O) groups is 1. The minimum Gasteiger partial charge on any atom is -0.478 e. The van der Waals surface area contributed by atoms with Crippen LogP contribution in [0.3, 0.4) is 0 Å². The minimum atomic E-state index is -1.04. The zero-order chi connectivity index (χ0) is 22.8. The molecule has 3 aromatic carbocycles. The molecule has 33 heavy (non-hydrogen) atoms. The molecule has 0 unspecified atom stereocenters. The molecule has 0 fully saturated rings. The Morgan fingerprint density at radius 3 is 2.45 bits per heavy atom. The van der Waals surface area contributed by atoms with Crippen molar-refractivity contribution in [3.05, 3.63) is 89.7 Å². The zero-order valence-electron chi connectivity index (χ0n) is 18.1. The van der Waals surface area contributed by atoms with Gasteiger partial charge in [-0.05, 0) is 48.4 Å². The summed E-state index contributed by atoms with van der Waals surface area (Å²) in [6.45, 7) is 2.88. The molecule has 0 saturated heterocycles. The molecule has 0 aliphatic carbocycles. The summed E-state index contributed by atoms with van der Waals surface area (Å²) in [5.74, 6) is 0.572. The normalized spacial score (nSPS) is 11.2. The molecule has 0 radical (unpaired) electrons. The number of imidazole rings is 1. The number of benzene rings is 3. The summed E-state index contributed by atoms with van der Waals surface area (Å²) in [4.78, 5) is 16.3.